The van der Waals surface area contributed by atoms with E-state index in [0.29, 0.717) is 5.69 Å². The molecular weight excluding hydrogens is 418 g/mol. The van der Waals surface area contributed by atoms with Crippen LogP contribution < -0.4 is 20.1 Å². The number of carboxylic acids is 2. The third kappa shape index (κ3) is 9.54. The van der Waals surface area contributed by atoms with Crippen LogP contribution in [0.3, 0.4) is 0 Å². The second kappa shape index (κ2) is 12.8. The van der Waals surface area contributed by atoms with Crippen molar-refractivity contribution in [3.8, 4) is 11.5 Å². The van der Waals surface area contributed by atoms with E-state index < -0.39 is 18.6 Å². The average molecular weight is 440 g/mol. The Hall–Kier alpha value is -3.73. The summed E-state index contributed by atoms with van der Waals surface area (Å²) >= 11 is 0. The van der Waals surface area contributed by atoms with Gasteiger partial charge in [-0.05, 0) is 37.3 Å². The molecule has 2 aromatic rings. The van der Waals surface area contributed by atoms with Crippen molar-refractivity contribution in [1.82, 2.24) is 5.32 Å². The lowest BCUT2D eigenvalue weighted by atomic mass is 10.1. The monoisotopic (exact) mass is 440 g/mol. The smallest absolute Gasteiger partial charge is 0.414 e. The van der Waals surface area contributed by atoms with Crippen molar-refractivity contribution in [3.63, 3.8) is 0 Å². The number of para-hydroxylation sites is 1. The van der Waals surface area contributed by atoms with E-state index in [0.717, 1.165) is 11.3 Å². The Bertz CT molecular complexity index is 864. The molecule has 0 aliphatic rings. The quantitative estimate of drug-likeness (QED) is 0.461. The zero-order valence-corrected chi connectivity index (χ0v) is 16.7. The summed E-state index contributed by atoms with van der Waals surface area (Å²) in [5.41, 5.74) is 1.45. The van der Waals surface area contributed by atoms with Crippen LogP contribution in [0.25, 0.3) is 0 Å². The first-order chi connectivity index (χ1) is 14.6. The summed E-state index contributed by atoms with van der Waals surface area (Å²) in [6, 6.07) is 13.2. The highest BCUT2D eigenvalue weighted by atomic mass is 19.3. The minimum atomic E-state index is -2.87. The Morgan fingerprint density at radius 1 is 1.00 bits per heavy atom. The molecule has 0 fully saturated rings. The first kappa shape index (κ1) is 25.3. The number of amides is 1. The summed E-state index contributed by atoms with van der Waals surface area (Å²) in [5.74, 6) is -3.11. The molecule has 0 bridgehead atoms. The van der Waals surface area contributed by atoms with E-state index >= 15 is 0 Å². The number of benzene rings is 2. The first-order valence-electron chi connectivity index (χ1n) is 8.81. The fourth-order valence-corrected chi connectivity index (χ4v) is 2.30. The van der Waals surface area contributed by atoms with Gasteiger partial charge in [-0.15, -0.1) is 0 Å². The Morgan fingerprint density at radius 3 is 2.10 bits per heavy atom. The molecule has 0 saturated carbocycles. The molecular formula is C20H22F2N2O7. The van der Waals surface area contributed by atoms with Crippen molar-refractivity contribution in [2.45, 2.75) is 19.6 Å². The lowest BCUT2D eigenvalue weighted by Crippen LogP contribution is -2.30. The maximum atomic E-state index is 12.1. The van der Waals surface area contributed by atoms with Crippen LogP contribution in [-0.2, 0) is 14.4 Å². The van der Waals surface area contributed by atoms with E-state index in [4.69, 9.17) is 24.5 Å². The number of halogens is 2. The fourth-order valence-electron chi connectivity index (χ4n) is 2.30. The highest BCUT2D eigenvalue weighted by Crippen LogP contribution is 2.24. The summed E-state index contributed by atoms with van der Waals surface area (Å²) in [5, 5.41) is 20.6. The molecule has 1 unspecified atom stereocenters. The Labute approximate surface area is 176 Å². The van der Waals surface area contributed by atoms with Crippen molar-refractivity contribution in [3.05, 3.63) is 54.1 Å². The molecule has 0 aliphatic carbocycles. The standard InChI is InChI=1S/C18H20F2N2O3.C2H2O4/c1-12(15-5-3-4-6-16(15)24-2)21-11-17(23)22-13-7-9-14(10-8-13)25-18(19)20;3-1(4)2(5)6/h3-10,12,18,21H,11H2,1-2H3,(H,22,23);(H,3,4)(H,5,6). The number of alkyl halides is 2. The highest BCUT2D eigenvalue weighted by Gasteiger charge is 2.12. The molecule has 0 aromatic heterocycles. The summed E-state index contributed by atoms with van der Waals surface area (Å²) < 4.78 is 33.7. The number of hydrogen-bond donors (Lipinski definition) is 4. The lowest BCUT2D eigenvalue weighted by Gasteiger charge is -2.17. The molecule has 2 aromatic carbocycles. The number of anilines is 1. The zero-order chi connectivity index (χ0) is 23.4. The third-order valence-electron chi connectivity index (χ3n) is 3.72. The van der Waals surface area contributed by atoms with Gasteiger partial charge in [0.1, 0.15) is 11.5 Å². The van der Waals surface area contributed by atoms with Gasteiger partial charge in [-0.2, -0.15) is 8.78 Å². The van der Waals surface area contributed by atoms with E-state index in [-0.39, 0.29) is 24.2 Å². The minimum Gasteiger partial charge on any atom is -0.496 e. The summed E-state index contributed by atoms with van der Waals surface area (Å²) in [4.78, 5) is 30.2. The number of aliphatic carboxylic acids is 2. The number of carbonyl (C=O) groups excluding carboxylic acids is 1. The van der Waals surface area contributed by atoms with Gasteiger partial charge in [-0.1, -0.05) is 18.2 Å². The molecule has 0 saturated heterocycles. The molecule has 4 N–H and O–H groups in total. The van der Waals surface area contributed by atoms with Gasteiger partial charge in [-0.25, -0.2) is 9.59 Å². The van der Waals surface area contributed by atoms with Crippen molar-refractivity contribution in [2.75, 3.05) is 19.0 Å². The molecule has 31 heavy (non-hydrogen) atoms. The lowest BCUT2D eigenvalue weighted by molar-refractivity contribution is -0.159. The number of nitrogens with one attached hydrogen (secondary N) is 2. The number of ether oxygens (including phenoxy) is 2. The molecule has 0 aliphatic heterocycles. The summed E-state index contributed by atoms with van der Waals surface area (Å²) in [6.45, 7) is -0.850. The Balaban J connectivity index is 0.000000703. The molecule has 2 rings (SSSR count). The van der Waals surface area contributed by atoms with Crippen molar-refractivity contribution >= 4 is 23.5 Å². The largest absolute Gasteiger partial charge is 0.496 e. The van der Waals surface area contributed by atoms with Crippen LogP contribution in [0.1, 0.15) is 18.5 Å². The number of methoxy groups -OCH3 is 1. The van der Waals surface area contributed by atoms with Crippen LogP contribution in [0.2, 0.25) is 0 Å². The molecule has 168 valence electrons. The predicted octanol–water partition coefficient (Wildman–Crippen LogP) is 2.74. The number of carbonyl (C=O) groups is 3. The van der Waals surface area contributed by atoms with Gasteiger partial charge < -0.3 is 30.3 Å². The van der Waals surface area contributed by atoms with Crippen molar-refractivity contribution in [2.24, 2.45) is 0 Å². The van der Waals surface area contributed by atoms with Crippen LogP contribution in [-0.4, -0.2) is 48.3 Å². The van der Waals surface area contributed by atoms with Crippen molar-refractivity contribution in [1.29, 1.82) is 0 Å². The molecule has 1 amide bonds. The number of carboxylic acid groups (broad SMARTS) is 2. The van der Waals surface area contributed by atoms with E-state index in [1.807, 2.05) is 31.2 Å². The third-order valence-corrected chi connectivity index (χ3v) is 3.72. The zero-order valence-electron chi connectivity index (χ0n) is 16.7. The SMILES string of the molecule is COc1ccccc1C(C)NCC(=O)Nc1ccc(OC(F)F)cc1.O=C(O)C(=O)O. The van der Waals surface area contributed by atoms with Crippen LogP contribution >= 0.6 is 0 Å². The van der Waals surface area contributed by atoms with Crippen LogP contribution in [0.4, 0.5) is 14.5 Å². The Morgan fingerprint density at radius 2 is 1.58 bits per heavy atom. The summed E-state index contributed by atoms with van der Waals surface area (Å²) in [6.07, 6.45) is 0. The van der Waals surface area contributed by atoms with Crippen LogP contribution in [0.5, 0.6) is 11.5 Å². The summed E-state index contributed by atoms with van der Waals surface area (Å²) in [7, 11) is 1.60. The van der Waals surface area contributed by atoms with Gasteiger partial charge in [-0.3, -0.25) is 4.79 Å². The maximum absolute atomic E-state index is 12.1. The highest BCUT2D eigenvalue weighted by molar-refractivity contribution is 6.27. The van der Waals surface area contributed by atoms with Gasteiger partial charge >= 0.3 is 18.6 Å². The fraction of sp³-hybridized carbons (Fsp3) is 0.250. The molecule has 1 atom stereocenters. The first-order valence-corrected chi connectivity index (χ1v) is 8.81. The molecule has 0 radical (unpaired) electrons. The predicted molar refractivity (Wildman–Crippen MR) is 106 cm³/mol. The second-order valence-electron chi connectivity index (χ2n) is 5.91. The van der Waals surface area contributed by atoms with Crippen LogP contribution in [0, 0.1) is 0 Å². The molecule has 0 spiro atoms. The van der Waals surface area contributed by atoms with Gasteiger partial charge in [0.15, 0.2) is 0 Å². The van der Waals surface area contributed by atoms with Crippen LogP contribution in [0.15, 0.2) is 48.5 Å². The van der Waals surface area contributed by atoms with Gasteiger partial charge in [0.2, 0.25) is 5.91 Å². The molecule has 0 heterocycles. The molecule has 9 nitrogen and oxygen atoms in total. The maximum Gasteiger partial charge on any atom is 0.414 e. The topological polar surface area (TPSA) is 134 Å². The van der Waals surface area contributed by atoms with Crippen molar-refractivity contribution < 1.29 is 42.9 Å². The van der Waals surface area contributed by atoms with E-state index in [1.54, 1.807) is 7.11 Å². The van der Waals surface area contributed by atoms with Gasteiger partial charge in [0, 0.05) is 17.3 Å². The van der Waals surface area contributed by atoms with Gasteiger partial charge in [0.25, 0.3) is 0 Å². The van der Waals surface area contributed by atoms with Gasteiger partial charge in [0.05, 0.1) is 13.7 Å². The average Bonchev–Trinajstić information content (AvgIpc) is 2.73. The number of hydrogen-bond acceptors (Lipinski definition) is 6. The van der Waals surface area contributed by atoms with E-state index in [9.17, 15) is 13.6 Å². The Kier molecular flexibility index (Phi) is 10.4. The normalized spacial score (nSPS) is 11.0. The second-order valence-corrected chi connectivity index (χ2v) is 5.91. The van der Waals surface area contributed by atoms with E-state index in [2.05, 4.69) is 15.4 Å². The minimum absolute atomic E-state index is 0.0379. The molecule has 11 heteroatoms. The number of rotatable bonds is 8. The van der Waals surface area contributed by atoms with E-state index in [1.165, 1.54) is 24.3 Å².